The molecule has 0 unspecified atom stereocenters. The van der Waals surface area contributed by atoms with Crippen LogP contribution in [0.5, 0.6) is 0 Å². The zero-order valence-corrected chi connectivity index (χ0v) is 39.3. The molecule has 0 radical (unpaired) electrons. The van der Waals surface area contributed by atoms with Gasteiger partial charge in [-0.05, 0) is 138 Å². The summed E-state index contributed by atoms with van der Waals surface area (Å²) in [6.45, 7) is 4.79. The maximum Gasteiger partial charge on any atom is 0.0736 e. The smallest absolute Gasteiger partial charge is 0.0736 e. The Bertz CT molecular complexity index is 3730. The first-order valence-electron chi connectivity index (χ1n) is 23.7. The number of fused-ring (bicyclic) bond motifs is 21. The lowest BCUT2D eigenvalue weighted by molar-refractivity contribution is 0.660. The van der Waals surface area contributed by atoms with Gasteiger partial charge in [-0.1, -0.05) is 207 Å². The van der Waals surface area contributed by atoms with Crippen LogP contribution in [-0.4, -0.2) is 0 Å². The van der Waals surface area contributed by atoms with Crippen LogP contribution < -0.4 is 4.90 Å². The van der Waals surface area contributed by atoms with E-state index in [1.165, 1.54) is 114 Å². The standard InChI is InChI=1S/C65H43NS2/c1-63(2)47-21-6-3-18-42(47)44-36-34-41(39-56(44)63)66(40-35-37-50-46(38-40)43-19-4-7-22-48(43)64(50)51-24-9-13-30-58(51)67-59-31-14-10-25-52(59)64)57-29-17-28-55-62(57)45-20-5-8-23-49(45)65(55)53-26-11-15-32-60(53)68-61-33-16-12-27-54(61)65/h3-39H,1-2H3. The van der Waals surface area contributed by atoms with E-state index in [0.29, 0.717) is 0 Å². The van der Waals surface area contributed by atoms with E-state index in [4.69, 9.17) is 0 Å². The molecular formula is C65H43NS2. The first-order valence-corrected chi connectivity index (χ1v) is 25.4. The van der Waals surface area contributed by atoms with E-state index in [1.54, 1.807) is 0 Å². The molecule has 3 heteroatoms. The van der Waals surface area contributed by atoms with Crippen molar-refractivity contribution in [2.75, 3.05) is 4.90 Å². The van der Waals surface area contributed by atoms with E-state index in [1.807, 2.05) is 23.5 Å². The average Bonchev–Trinajstić information content (AvgIpc) is 3.94. The van der Waals surface area contributed by atoms with Gasteiger partial charge >= 0.3 is 0 Å². The predicted molar refractivity (Wildman–Crippen MR) is 282 cm³/mol. The fraction of sp³-hybridized carbons (Fsp3) is 0.0769. The highest BCUT2D eigenvalue weighted by Crippen LogP contribution is 2.66. The van der Waals surface area contributed by atoms with Gasteiger partial charge in [0.25, 0.3) is 0 Å². The first kappa shape index (κ1) is 38.8. The molecule has 2 aliphatic heterocycles. The molecule has 0 N–H and O–H groups in total. The van der Waals surface area contributed by atoms with Crippen LogP contribution >= 0.6 is 23.5 Å². The SMILES string of the molecule is CC1(C)c2ccccc2-c2ccc(N(c3ccc4c(c3)-c3ccccc3C43c4ccccc4Sc4ccccc43)c3cccc4c3-c3ccccc3C43c4ccccc4Sc4ccccc43)cc21. The van der Waals surface area contributed by atoms with Crippen LogP contribution in [-0.2, 0) is 16.2 Å². The highest BCUT2D eigenvalue weighted by atomic mass is 32.2. The lowest BCUT2D eigenvalue weighted by Gasteiger charge is -2.40. The molecule has 10 aromatic carbocycles. The zero-order valence-electron chi connectivity index (χ0n) is 37.6. The van der Waals surface area contributed by atoms with Crippen molar-refractivity contribution in [2.45, 2.75) is 49.7 Å². The highest BCUT2D eigenvalue weighted by molar-refractivity contribution is 7.99. The number of anilines is 3. The van der Waals surface area contributed by atoms with E-state index in [9.17, 15) is 0 Å². The summed E-state index contributed by atoms with van der Waals surface area (Å²) in [6, 6.07) is 85.6. The minimum Gasteiger partial charge on any atom is -0.310 e. The molecule has 0 aromatic heterocycles. The average molecular weight is 902 g/mol. The Labute approximate surface area is 406 Å². The lowest BCUT2D eigenvalue weighted by Crippen LogP contribution is -2.32. The molecule has 2 heterocycles. The second-order valence-electron chi connectivity index (χ2n) is 19.4. The normalized spacial score (nSPS) is 15.7. The van der Waals surface area contributed by atoms with Crippen LogP contribution in [0.25, 0.3) is 33.4 Å². The van der Waals surface area contributed by atoms with Gasteiger partial charge in [-0.2, -0.15) is 0 Å². The summed E-state index contributed by atoms with van der Waals surface area (Å²) in [6.07, 6.45) is 0. The zero-order chi connectivity index (χ0) is 44.9. The first-order chi connectivity index (χ1) is 33.5. The van der Waals surface area contributed by atoms with Crippen LogP contribution in [0.4, 0.5) is 17.1 Å². The van der Waals surface area contributed by atoms with Crippen molar-refractivity contribution in [3.8, 4) is 33.4 Å². The fourth-order valence-corrected chi connectivity index (χ4v) is 15.7. The Balaban J connectivity index is 1.03. The molecule has 68 heavy (non-hydrogen) atoms. The number of hydrogen-bond donors (Lipinski definition) is 0. The molecule has 320 valence electrons. The third-order valence-corrected chi connectivity index (χ3v) is 18.3. The van der Waals surface area contributed by atoms with Gasteiger partial charge in [0.15, 0.2) is 0 Å². The van der Waals surface area contributed by atoms with Gasteiger partial charge in [-0.15, -0.1) is 0 Å². The van der Waals surface area contributed by atoms with Crippen molar-refractivity contribution in [1.29, 1.82) is 0 Å². The van der Waals surface area contributed by atoms with Crippen molar-refractivity contribution in [2.24, 2.45) is 0 Å². The number of hydrogen-bond acceptors (Lipinski definition) is 3. The van der Waals surface area contributed by atoms with Crippen LogP contribution in [0.1, 0.15) is 69.5 Å². The van der Waals surface area contributed by atoms with Crippen LogP contribution in [0.2, 0.25) is 0 Å². The van der Waals surface area contributed by atoms with Gasteiger partial charge in [0.1, 0.15) is 0 Å². The Kier molecular flexibility index (Phi) is 7.92. The number of benzene rings is 10. The second-order valence-corrected chi connectivity index (χ2v) is 21.6. The Morgan fingerprint density at radius 2 is 0.691 bits per heavy atom. The molecule has 15 rings (SSSR count). The molecule has 0 saturated heterocycles. The topological polar surface area (TPSA) is 3.24 Å². The van der Waals surface area contributed by atoms with Gasteiger partial charge in [0.2, 0.25) is 0 Å². The minimum absolute atomic E-state index is 0.168. The quantitative estimate of drug-likeness (QED) is 0.174. The summed E-state index contributed by atoms with van der Waals surface area (Å²) in [7, 11) is 0. The Morgan fingerprint density at radius 3 is 1.28 bits per heavy atom. The van der Waals surface area contributed by atoms with Crippen LogP contribution in [0, 0.1) is 0 Å². The van der Waals surface area contributed by atoms with Gasteiger partial charge in [-0.3, -0.25) is 0 Å². The molecule has 0 saturated carbocycles. The summed E-state index contributed by atoms with van der Waals surface area (Å²) in [5, 5.41) is 0. The second kappa shape index (κ2) is 13.9. The largest absolute Gasteiger partial charge is 0.310 e. The third-order valence-electron chi connectivity index (χ3n) is 16.0. The molecule has 0 fully saturated rings. The summed E-state index contributed by atoms with van der Waals surface area (Å²) in [5.74, 6) is 0. The van der Waals surface area contributed by atoms with E-state index in [-0.39, 0.29) is 5.41 Å². The molecule has 10 aromatic rings. The molecule has 2 spiro atoms. The number of nitrogens with zero attached hydrogens (tertiary/aromatic N) is 1. The molecule has 0 bridgehead atoms. The summed E-state index contributed by atoms with van der Waals surface area (Å²) < 4.78 is 0. The van der Waals surface area contributed by atoms with Crippen molar-refractivity contribution in [1.82, 2.24) is 0 Å². The van der Waals surface area contributed by atoms with E-state index < -0.39 is 10.8 Å². The molecule has 1 nitrogen and oxygen atoms in total. The van der Waals surface area contributed by atoms with Crippen molar-refractivity contribution in [3.05, 3.63) is 280 Å². The minimum atomic E-state index is -0.489. The molecule has 0 amide bonds. The fourth-order valence-electron chi connectivity index (χ4n) is 13.3. The van der Waals surface area contributed by atoms with Gasteiger partial charge in [0.05, 0.1) is 16.5 Å². The van der Waals surface area contributed by atoms with E-state index in [2.05, 4.69) is 243 Å². The van der Waals surface area contributed by atoms with Gasteiger partial charge < -0.3 is 4.90 Å². The highest BCUT2D eigenvalue weighted by Gasteiger charge is 2.53. The molecule has 5 aliphatic rings. The molecule has 0 atom stereocenters. The summed E-state index contributed by atoms with van der Waals surface area (Å²) >= 11 is 3.79. The molecular weight excluding hydrogens is 859 g/mol. The van der Waals surface area contributed by atoms with Gasteiger partial charge in [-0.25, -0.2) is 0 Å². The predicted octanol–water partition coefficient (Wildman–Crippen LogP) is 17.1. The monoisotopic (exact) mass is 901 g/mol. The van der Waals surface area contributed by atoms with Crippen LogP contribution in [0.15, 0.2) is 244 Å². The third kappa shape index (κ3) is 4.80. The lowest BCUT2D eigenvalue weighted by atomic mass is 9.67. The van der Waals surface area contributed by atoms with E-state index in [0.717, 1.165) is 11.4 Å². The summed E-state index contributed by atoms with van der Waals surface area (Å²) in [4.78, 5) is 7.85. The van der Waals surface area contributed by atoms with E-state index >= 15 is 0 Å². The molecule has 3 aliphatic carbocycles. The summed E-state index contributed by atoms with van der Waals surface area (Å²) in [5.41, 5.74) is 23.7. The van der Waals surface area contributed by atoms with Gasteiger partial charge in [0, 0.05) is 41.9 Å². The van der Waals surface area contributed by atoms with Crippen LogP contribution in [0.3, 0.4) is 0 Å². The van der Waals surface area contributed by atoms with Crippen molar-refractivity contribution < 1.29 is 0 Å². The Hall–Kier alpha value is -7.30. The maximum atomic E-state index is 2.59. The Morgan fingerprint density at radius 1 is 0.294 bits per heavy atom. The maximum absolute atomic E-state index is 2.59. The van der Waals surface area contributed by atoms with Crippen molar-refractivity contribution in [3.63, 3.8) is 0 Å². The van der Waals surface area contributed by atoms with Crippen molar-refractivity contribution >= 4 is 40.6 Å². The number of rotatable bonds is 3.